The van der Waals surface area contributed by atoms with Gasteiger partial charge in [0.05, 0.1) is 13.3 Å². The molecule has 4 heteroatoms. The lowest BCUT2D eigenvalue weighted by molar-refractivity contribution is 0.407. The molecule has 3 rings (SSSR count). The number of pyridine rings is 1. The molecule has 0 aliphatic heterocycles. The molecular weight excluding hydrogens is 254 g/mol. The molecule has 0 atom stereocenters. The molecule has 0 unspecified atom stereocenters. The van der Waals surface area contributed by atoms with Gasteiger partial charge in [0.25, 0.3) is 0 Å². The molecule has 4 nitrogen and oxygen atoms in total. The largest absolute Gasteiger partial charge is 0.506 e. The minimum absolute atomic E-state index is 0.138. The number of methoxy groups -OCH3 is 1. The molecule has 1 heterocycles. The van der Waals surface area contributed by atoms with Crippen molar-refractivity contribution < 1.29 is 14.6 Å². The van der Waals surface area contributed by atoms with E-state index in [1.807, 2.05) is 42.5 Å². The van der Waals surface area contributed by atoms with E-state index in [1.54, 1.807) is 13.2 Å². The van der Waals surface area contributed by atoms with Crippen LogP contribution in [-0.2, 0) is 0 Å². The first-order valence-electron chi connectivity index (χ1n) is 6.16. The molecule has 0 amide bonds. The van der Waals surface area contributed by atoms with Crippen molar-refractivity contribution >= 4 is 10.8 Å². The predicted octanol–water partition coefficient (Wildman–Crippen LogP) is 3.74. The van der Waals surface area contributed by atoms with Crippen LogP contribution in [0.4, 0.5) is 0 Å². The average molecular weight is 267 g/mol. The van der Waals surface area contributed by atoms with E-state index in [-0.39, 0.29) is 5.75 Å². The van der Waals surface area contributed by atoms with E-state index in [0.29, 0.717) is 22.8 Å². The van der Waals surface area contributed by atoms with Crippen molar-refractivity contribution in [3.05, 3.63) is 54.7 Å². The van der Waals surface area contributed by atoms with Crippen LogP contribution in [0.2, 0.25) is 0 Å². The second kappa shape index (κ2) is 5.09. The van der Waals surface area contributed by atoms with Crippen LogP contribution in [0.5, 0.6) is 23.1 Å². The molecule has 0 bridgehead atoms. The summed E-state index contributed by atoms with van der Waals surface area (Å²) in [5.74, 6) is 1.93. The second-order valence-corrected chi connectivity index (χ2v) is 4.28. The minimum Gasteiger partial charge on any atom is -0.506 e. The molecule has 0 spiro atoms. The second-order valence-electron chi connectivity index (χ2n) is 4.28. The number of aromatic hydroxyl groups is 1. The molecule has 0 aliphatic rings. The molecule has 3 aromatic rings. The number of aromatic nitrogens is 1. The van der Waals surface area contributed by atoms with Gasteiger partial charge in [-0.25, -0.2) is 4.98 Å². The molecule has 0 aliphatic carbocycles. The van der Waals surface area contributed by atoms with Crippen LogP contribution in [0.25, 0.3) is 10.8 Å². The van der Waals surface area contributed by atoms with Crippen molar-refractivity contribution in [1.82, 2.24) is 4.98 Å². The van der Waals surface area contributed by atoms with E-state index in [2.05, 4.69) is 4.98 Å². The predicted molar refractivity (Wildman–Crippen MR) is 76.5 cm³/mol. The lowest BCUT2D eigenvalue weighted by Gasteiger charge is -2.09. The van der Waals surface area contributed by atoms with E-state index < -0.39 is 0 Å². The molecule has 1 aromatic heterocycles. The van der Waals surface area contributed by atoms with Gasteiger partial charge in [0, 0.05) is 16.8 Å². The first-order valence-corrected chi connectivity index (χ1v) is 6.16. The van der Waals surface area contributed by atoms with E-state index in [4.69, 9.17) is 9.47 Å². The summed E-state index contributed by atoms with van der Waals surface area (Å²) in [6.07, 6.45) is 1.39. The zero-order valence-electron chi connectivity index (χ0n) is 10.9. The molecular formula is C16H13NO3. The first-order chi connectivity index (χ1) is 9.78. The third kappa shape index (κ3) is 2.23. The molecule has 20 heavy (non-hydrogen) atoms. The standard InChI is InChI=1S/C16H13NO3/c1-19-11-5-4-6-12(9-11)20-16-14-8-3-2-7-13(14)15(18)10-17-16/h2-10,18H,1H3. The summed E-state index contributed by atoms with van der Waals surface area (Å²) in [6, 6.07) is 14.7. The van der Waals surface area contributed by atoms with E-state index >= 15 is 0 Å². The van der Waals surface area contributed by atoms with Crippen LogP contribution < -0.4 is 9.47 Å². The zero-order chi connectivity index (χ0) is 13.9. The number of fused-ring (bicyclic) bond motifs is 1. The maximum absolute atomic E-state index is 9.81. The fourth-order valence-electron chi connectivity index (χ4n) is 2.01. The third-order valence-corrected chi connectivity index (χ3v) is 2.99. The highest BCUT2D eigenvalue weighted by molar-refractivity contribution is 5.91. The molecule has 0 fully saturated rings. The zero-order valence-corrected chi connectivity index (χ0v) is 10.9. The topological polar surface area (TPSA) is 51.6 Å². The van der Waals surface area contributed by atoms with Gasteiger partial charge in [0.15, 0.2) is 0 Å². The molecule has 0 saturated carbocycles. The summed E-state index contributed by atoms with van der Waals surface area (Å²) in [6.45, 7) is 0. The number of rotatable bonds is 3. The maximum Gasteiger partial charge on any atom is 0.227 e. The highest BCUT2D eigenvalue weighted by Crippen LogP contribution is 2.33. The lowest BCUT2D eigenvalue weighted by atomic mass is 10.1. The molecule has 1 N–H and O–H groups in total. The van der Waals surface area contributed by atoms with Gasteiger partial charge in [-0.05, 0) is 18.2 Å². The fourth-order valence-corrected chi connectivity index (χ4v) is 2.01. The Morgan fingerprint density at radius 2 is 1.70 bits per heavy atom. The Morgan fingerprint density at radius 3 is 2.50 bits per heavy atom. The van der Waals surface area contributed by atoms with E-state index in [9.17, 15) is 5.11 Å². The van der Waals surface area contributed by atoms with Crippen molar-refractivity contribution in [2.24, 2.45) is 0 Å². The highest BCUT2D eigenvalue weighted by Gasteiger charge is 2.08. The van der Waals surface area contributed by atoms with E-state index in [1.165, 1.54) is 6.20 Å². The smallest absolute Gasteiger partial charge is 0.227 e. The van der Waals surface area contributed by atoms with Crippen LogP contribution in [0, 0.1) is 0 Å². The Hall–Kier alpha value is -2.75. The first kappa shape index (κ1) is 12.3. The summed E-state index contributed by atoms with van der Waals surface area (Å²) in [7, 11) is 1.60. The van der Waals surface area contributed by atoms with E-state index in [0.717, 1.165) is 5.39 Å². The van der Waals surface area contributed by atoms with Crippen LogP contribution in [0.3, 0.4) is 0 Å². The lowest BCUT2D eigenvalue weighted by Crippen LogP contribution is -1.90. The van der Waals surface area contributed by atoms with Crippen LogP contribution in [0.1, 0.15) is 0 Å². The van der Waals surface area contributed by atoms with Gasteiger partial charge in [-0.2, -0.15) is 0 Å². The molecule has 100 valence electrons. The third-order valence-electron chi connectivity index (χ3n) is 2.99. The number of nitrogens with zero attached hydrogens (tertiary/aromatic N) is 1. The Morgan fingerprint density at radius 1 is 0.950 bits per heavy atom. The number of ether oxygens (including phenoxy) is 2. The van der Waals surface area contributed by atoms with Crippen molar-refractivity contribution in [3.8, 4) is 23.1 Å². The summed E-state index contributed by atoms with van der Waals surface area (Å²) in [5, 5.41) is 11.3. The number of hydrogen-bond donors (Lipinski definition) is 1. The summed E-state index contributed by atoms with van der Waals surface area (Å²) >= 11 is 0. The Bertz CT molecular complexity index is 756. The van der Waals surface area contributed by atoms with Gasteiger partial charge in [-0.15, -0.1) is 0 Å². The fraction of sp³-hybridized carbons (Fsp3) is 0.0625. The Labute approximate surface area is 116 Å². The van der Waals surface area contributed by atoms with Crippen molar-refractivity contribution in [2.45, 2.75) is 0 Å². The van der Waals surface area contributed by atoms with Gasteiger partial charge in [-0.3, -0.25) is 0 Å². The normalized spacial score (nSPS) is 10.4. The summed E-state index contributed by atoms with van der Waals surface area (Å²) in [4.78, 5) is 4.14. The van der Waals surface area contributed by atoms with Crippen molar-refractivity contribution in [1.29, 1.82) is 0 Å². The maximum atomic E-state index is 9.81. The van der Waals surface area contributed by atoms with Crippen LogP contribution in [-0.4, -0.2) is 17.2 Å². The van der Waals surface area contributed by atoms with Crippen molar-refractivity contribution in [2.75, 3.05) is 7.11 Å². The molecule has 0 radical (unpaired) electrons. The van der Waals surface area contributed by atoms with Gasteiger partial charge in [-0.1, -0.05) is 24.3 Å². The van der Waals surface area contributed by atoms with Gasteiger partial charge >= 0.3 is 0 Å². The summed E-state index contributed by atoms with van der Waals surface area (Å²) < 4.78 is 10.9. The van der Waals surface area contributed by atoms with Crippen molar-refractivity contribution in [3.63, 3.8) is 0 Å². The van der Waals surface area contributed by atoms with Crippen LogP contribution >= 0.6 is 0 Å². The Kier molecular flexibility index (Phi) is 3.13. The highest BCUT2D eigenvalue weighted by atomic mass is 16.5. The van der Waals surface area contributed by atoms with Gasteiger partial charge in [0.2, 0.25) is 5.88 Å². The van der Waals surface area contributed by atoms with Gasteiger partial charge < -0.3 is 14.6 Å². The number of benzene rings is 2. The Balaban J connectivity index is 2.04. The SMILES string of the molecule is COc1cccc(Oc2ncc(O)c3ccccc23)c1. The quantitative estimate of drug-likeness (QED) is 0.785. The number of hydrogen-bond acceptors (Lipinski definition) is 4. The monoisotopic (exact) mass is 267 g/mol. The van der Waals surface area contributed by atoms with Gasteiger partial charge in [0.1, 0.15) is 17.2 Å². The van der Waals surface area contributed by atoms with Crippen LogP contribution in [0.15, 0.2) is 54.7 Å². The minimum atomic E-state index is 0.138. The molecule has 2 aromatic carbocycles. The molecule has 0 saturated heterocycles. The summed E-state index contributed by atoms with van der Waals surface area (Å²) in [5.41, 5.74) is 0. The average Bonchev–Trinajstić information content (AvgIpc) is 2.51.